The number of hydrogen-bond acceptors (Lipinski definition) is 4. The zero-order valence-electron chi connectivity index (χ0n) is 17.4. The smallest absolute Gasteiger partial charge is 0.416 e. The molecule has 9 heteroatoms. The molecule has 6 nitrogen and oxygen atoms in total. The molecule has 168 valence electrons. The third kappa shape index (κ3) is 4.42. The van der Waals surface area contributed by atoms with E-state index in [9.17, 15) is 22.8 Å². The first-order valence-electron chi connectivity index (χ1n) is 10.0. The van der Waals surface area contributed by atoms with E-state index in [-0.39, 0.29) is 18.3 Å². The van der Waals surface area contributed by atoms with Gasteiger partial charge in [-0.25, -0.2) is 0 Å². The third-order valence-corrected chi connectivity index (χ3v) is 5.22. The Morgan fingerprint density at radius 3 is 2.69 bits per heavy atom. The fourth-order valence-electron chi connectivity index (χ4n) is 3.54. The van der Waals surface area contributed by atoms with E-state index in [4.69, 9.17) is 9.47 Å². The van der Waals surface area contributed by atoms with Crippen LogP contribution in [0.15, 0.2) is 42.5 Å². The van der Waals surface area contributed by atoms with Crippen molar-refractivity contribution in [1.29, 1.82) is 0 Å². The van der Waals surface area contributed by atoms with Crippen LogP contribution in [0, 0.1) is 0 Å². The van der Waals surface area contributed by atoms with Crippen LogP contribution in [0.1, 0.15) is 37.8 Å². The number of carbonyl (C=O) groups is 2. The van der Waals surface area contributed by atoms with Crippen molar-refractivity contribution in [2.75, 3.05) is 17.2 Å². The summed E-state index contributed by atoms with van der Waals surface area (Å²) in [5, 5.41) is 5.46. The van der Waals surface area contributed by atoms with E-state index in [1.165, 1.54) is 12.1 Å². The van der Waals surface area contributed by atoms with Gasteiger partial charge in [0.25, 0.3) is 5.91 Å². The largest absolute Gasteiger partial charge is 0.493 e. The van der Waals surface area contributed by atoms with Crippen LogP contribution in [-0.2, 0) is 15.8 Å². The molecule has 2 aromatic rings. The quantitative estimate of drug-likeness (QED) is 0.636. The highest BCUT2D eigenvalue weighted by Gasteiger charge is 2.35. The van der Waals surface area contributed by atoms with Gasteiger partial charge in [0.2, 0.25) is 5.91 Å². The monoisotopic (exact) mass is 446 g/mol. The molecule has 2 N–H and O–H groups in total. The zero-order chi connectivity index (χ0) is 23.1. The molecule has 0 bridgehead atoms. The maximum atomic E-state index is 13.0. The average molecular weight is 446 g/mol. The lowest BCUT2D eigenvalue weighted by Crippen LogP contribution is -2.45. The van der Waals surface area contributed by atoms with Crippen molar-refractivity contribution in [3.05, 3.63) is 53.6 Å². The summed E-state index contributed by atoms with van der Waals surface area (Å²) in [6.45, 7) is 3.56. The molecule has 0 aliphatic carbocycles. The Kier molecular flexibility index (Phi) is 5.36. The van der Waals surface area contributed by atoms with Gasteiger partial charge < -0.3 is 20.1 Å². The normalized spacial score (nSPS) is 18.4. The van der Waals surface area contributed by atoms with Crippen LogP contribution < -0.4 is 20.1 Å². The number of allylic oxidation sites excluding steroid dienone is 1. The van der Waals surface area contributed by atoms with Crippen LogP contribution >= 0.6 is 0 Å². The molecule has 2 aromatic carbocycles. The lowest BCUT2D eigenvalue weighted by Gasteiger charge is -2.31. The topological polar surface area (TPSA) is 76.7 Å². The van der Waals surface area contributed by atoms with Crippen LogP contribution in [-0.4, -0.2) is 24.0 Å². The predicted molar refractivity (Wildman–Crippen MR) is 113 cm³/mol. The van der Waals surface area contributed by atoms with E-state index >= 15 is 0 Å². The first-order valence-corrected chi connectivity index (χ1v) is 10.0. The van der Waals surface area contributed by atoms with Gasteiger partial charge in [0.1, 0.15) is 11.5 Å². The Labute approximate surface area is 182 Å². The highest BCUT2D eigenvalue weighted by Crippen LogP contribution is 2.38. The number of hydrogen-bond donors (Lipinski definition) is 2. The summed E-state index contributed by atoms with van der Waals surface area (Å²) in [5.41, 5.74) is 0.116. The van der Waals surface area contributed by atoms with Crippen molar-refractivity contribution >= 4 is 28.8 Å². The van der Waals surface area contributed by atoms with E-state index in [1.807, 2.05) is 0 Å². The van der Waals surface area contributed by atoms with E-state index in [2.05, 4.69) is 10.6 Å². The summed E-state index contributed by atoms with van der Waals surface area (Å²) in [4.78, 5) is 24.7. The molecule has 2 heterocycles. The predicted octanol–water partition coefficient (Wildman–Crippen LogP) is 5.01. The van der Waals surface area contributed by atoms with E-state index in [1.54, 1.807) is 32.0 Å². The second-order valence-corrected chi connectivity index (χ2v) is 8.10. The number of rotatable bonds is 2. The lowest BCUT2D eigenvalue weighted by molar-refractivity contribution is -0.137. The minimum atomic E-state index is -4.48. The van der Waals surface area contributed by atoms with Gasteiger partial charge >= 0.3 is 6.18 Å². The Morgan fingerprint density at radius 2 is 1.94 bits per heavy atom. The van der Waals surface area contributed by atoms with E-state index < -0.39 is 23.2 Å². The van der Waals surface area contributed by atoms with E-state index in [0.29, 0.717) is 41.1 Å². The fourth-order valence-corrected chi connectivity index (χ4v) is 3.54. The van der Waals surface area contributed by atoms with Gasteiger partial charge in [-0.05, 0) is 62.6 Å². The number of halogens is 3. The summed E-state index contributed by atoms with van der Waals surface area (Å²) in [6.07, 6.45) is -2.08. The van der Waals surface area contributed by atoms with Crippen molar-refractivity contribution in [2.24, 2.45) is 0 Å². The molecule has 4 rings (SSSR count). The Bertz CT molecular complexity index is 1120. The molecule has 2 amide bonds. The van der Waals surface area contributed by atoms with Gasteiger partial charge in [-0.15, -0.1) is 0 Å². The molecule has 0 radical (unpaired) electrons. The zero-order valence-corrected chi connectivity index (χ0v) is 17.4. The van der Waals surface area contributed by atoms with Crippen molar-refractivity contribution < 1.29 is 32.2 Å². The molecule has 0 spiro atoms. The summed E-state index contributed by atoms with van der Waals surface area (Å²) in [7, 11) is 0. The number of carbonyl (C=O) groups excluding carboxylic acids is 2. The number of amides is 2. The summed E-state index contributed by atoms with van der Waals surface area (Å²) < 4.78 is 50.2. The van der Waals surface area contributed by atoms with Crippen molar-refractivity contribution in [1.82, 2.24) is 0 Å². The lowest BCUT2D eigenvalue weighted by atomic mass is 9.99. The van der Waals surface area contributed by atoms with Crippen molar-refractivity contribution in [2.45, 2.75) is 38.5 Å². The molecule has 2 aliphatic rings. The molecule has 32 heavy (non-hydrogen) atoms. The van der Waals surface area contributed by atoms with Gasteiger partial charge in [-0.1, -0.05) is 6.07 Å². The molecule has 0 saturated carbocycles. The van der Waals surface area contributed by atoms with Gasteiger partial charge in [0.15, 0.2) is 5.60 Å². The van der Waals surface area contributed by atoms with Crippen LogP contribution in [0.3, 0.4) is 0 Å². The number of nitrogens with one attached hydrogen (secondary N) is 2. The highest BCUT2D eigenvalue weighted by atomic mass is 19.4. The summed E-state index contributed by atoms with van der Waals surface area (Å²) in [5.74, 6) is -0.158. The van der Waals surface area contributed by atoms with Crippen LogP contribution in [0.5, 0.6) is 11.5 Å². The molecule has 0 unspecified atom stereocenters. The summed E-state index contributed by atoms with van der Waals surface area (Å²) in [6, 6.07) is 8.14. The van der Waals surface area contributed by atoms with Crippen molar-refractivity contribution in [3.63, 3.8) is 0 Å². The highest BCUT2D eigenvalue weighted by molar-refractivity contribution is 6.05. The van der Waals surface area contributed by atoms with Crippen LogP contribution in [0.4, 0.5) is 24.5 Å². The number of anilines is 2. The molecule has 0 aromatic heterocycles. The molecule has 0 saturated heterocycles. The third-order valence-electron chi connectivity index (χ3n) is 5.22. The first kappa shape index (κ1) is 21.7. The number of benzene rings is 2. The molecule has 0 fully saturated rings. The van der Waals surface area contributed by atoms with E-state index in [0.717, 1.165) is 12.1 Å². The first-order chi connectivity index (χ1) is 15.0. The van der Waals surface area contributed by atoms with Gasteiger partial charge in [0, 0.05) is 17.3 Å². The second-order valence-electron chi connectivity index (χ2n) is 8.10. The molecule has 0 atom stereocenters. The van der Waals surface area contributed by atoms with Gasteiger partial charge in [-0.2, -0.15) is 13.2 Å². The number of ether oxygens (including phenoxy) is 2. The number of alkyl halides is 3. The fraction of sp³-hybridized carbons (Fsp3) is 0.304. The Morgan fingerprint density at radius 1 is 1.16 bits per heavy atom. The maximum Gasteiger partial charge on any atom is 0.416 e. The minimum Gasteiger partial charge on any atom is -0.493 e. The maximum absolute atomic E-state index is 13.0. The Balaban J connectivity index is 1.56. The summed E-state index contributed by atoms with van der Waals surface area (Å²) >= 11 is 0. The minimum absolute atomic E-state index is 0.104. The molecular formula is C23H21F3N2O4. The standard InChI is InChI=1S/C23H21F3N2O4/c1-22(2)21(30)28-17-12-15(6-8-18(17)32-22)27-20(29)10-13-4-3-9-31-19-11-14(23(24,25)26)5-7-16(13)19/h5-8,10-12H,3-4,9H2,1-2H3,(H,27,29)(H,28,30)/b13-10+. The van der Waals surface area contributed by atoms with Gasteiger partial charge in [0.05, 0.1) is 17.9 Å². The van der Waals surface area contributed by atoms with Crippen molar-refractivity contribution in [3.8, 4) is 11.5 Å². The molecule has 2 aliphatic heterocycles. The molecular weight excluding hydrogens is 425 g/mol. The average Bonchev–Trinajstić information content (AvgIpc) is 2.90. The van der Waals surface area contributed by atoms with Gasteiger partial charge in [-0.3, -0.25) is 9.59 Å². The number of fused-ring (bicyclic) bond motifs is 2. The second kappa shape index (κ2) is 7.89. The van der Waals surface area contributed by atoms with Crippen LogP contribution in [0.25, 0.3) is 5.57 Å². The SMILES string of the molecule is CC1(C)Oc2ccc(NC(=O)/C=C3\CCCOc4cc(C(F)(F)F)ccc43)cc2NC1=O. The Hall–Kier alpha value is -3.49. The van der Waals surface area contributed by atoms with Crippen LogP contribution in [0.2, 0.25) is 0 Å².